The maximum Gasteiger partial charge on any atom is -0.0249 e. The van der Waals surface area contributed by atoms with E-state index in [0.717, 1.165) is 17.8 Å². The van der Waals surface area contributed by atoms with E-state index in [-0.39, 0.29) is 0 Å². The van der Waals surface area contributed by atoms with Crippen LogP contribution in [0.5, 0.6) is 0 Å². The van der Waals surface area contributed by atoms with Crippen molar-refractivity contribution < 1.29 is 0 Å². The van der Waals surface area contributed by atoms with E-state index in [0.29, 0.717) is 5.41 Å². The molecular weight excluding hydrogens is 180 g/mol. The lowest BCUT2D eigenvalue weighted by atomic mass is 9.59. The monoisotopic (exact) mass is 212 g/mol. The second kappa shape index (κ2) is 6.55. The molecule has 0 aliphatic heterocycles. The van der Waals surface area contributed by atoms with E-state index < -0.39 is 0 Å². The van der Waals surface area contributed by atoms with E-state index in [1.165, 1.54) is 25.7 Å². The number of rotatable bonds is 7. The van der Waals surface area contributed by atoms with Crippen LogP contribution in [-0.4, -0.2) is 0 Å². The van der Waals surface area contributed by atoms with E-state index in [1.807, 2.05) is 0 Å². The molecule has 0 aromatic rings. The summed E-state index contributed by atoms with van der Waals surface area (Å²) in [7, 11) is 0. The van der Waals surface area contributed by atoms with E-state index in [2.05, 4.69) is 48.5 Å². The Morgan fingerprint density at radius 3 is 1.73 bits per heavy atom. The maximum atomic E-state index is 2.52. The lowest BCUT2D eigenvalue weighted by Crippen LogP contribution is -2.38. The highest BCUT2D eigenvalue weighted by atomic mass is 14.4. The molecule has 0 fully saturated rings. The van der Waals surface area contributed by atoms with Crippen LogP contribution in [0.4, 0.5) is 0 Å². The first-order valence-electron chi connectivity index (χ1n) is 6.94. The second-order valence-corrected chi connectivity index (χ2v) is 5.72. The molecule has 0 aliphatic rings. The van der Waals surface area contributed by atoms with E-state index >= 15 is 0 Å². The van der Waals surface area contributed by atoms with Gasteiger partial charge in [-0.05, 0) is 23.2 Å². The van der Waals surface area contributed by atoms with Gasteiger partial charge in [0, 0.05) is 0 Å². The average Bonchev–Trinajstić information content (AvgIpc) is 2.23. The molecule has 15 heavy (non-hydrogen) atoms. The molecule has 0 aliphatic carbocycles. The third-order valence-electron chi connectivity index (χ3n) is 4.93. The molecule has 0 aromatic carbocycles. The van der Waals surface area contributed by atoms with Crippen LogP contribution in [0.2, 0.25) is 0 Å². The minimum atomic E-state index is 0.527. The minimum Gasteiger partial charge on any atom is -0.0654 e. The zero-order chi connectivity index (χ0) is 12.1. The van der Waals surface area contributed by atoms with Gasteiger partial charge in [-0.2, -0.15) is 0 Å². The third kappa shape index (κ3) is 3.23. The van der Waals surface area contributed by atoms with Gasteiger partial charge in [-0.3, -0.25) is 0 Å². The first-order chi connectivity index (χ1) is 6.94. The van der Waals surface area contributed by atoms with Crippen molar-refractivity contribution in [3.63, 3.8) is 0 Å². The summed E-state index contributed by atoms with van der Waals surface area (Å²) >= 11 is 0. The molecule has 0 nitrogen and oxygen atoms in total. The maximum absolute atomic E-state index is 2.52. The summed E-state index contributed by atoms with van der Waals surface area (Å²) in [6, 6.07) is 0. The van der Waals surface area contributed by atoms with Gasteiger partial charge in [-0.1, -0.05) is 74.1 Å². The topological polar surface area (TPSA) is 0 Å². The van der Waals surface area contributed by atoms with Crippen molar-refractivity contribution in [1.29, 1.82) is 0 Å². The van der Waals surface area contributed by atoms with Crippen molar-refractivity contribution in [3.8, 4) is 0 Å². The Morgan fingerprint density at radius 1 is 0.933 bits per heavy atom. The highest BCUT2D eigenvalue weighted by Crippen LogP contribution is 2.47. The van der Waals surface area contributed by atoms with Crippen LogP contribution in [-0.2, 0) is 0 Å². The summed E-state index contributed by atoms with van der Waals surface area (Å²) in [5, 5.41) is 0. The fraction of sp³-hybridized carbons (Fsp3) is 1.00. The predicted octanol–water partition coefficient (Wildman–Crippen LogP) is 5.52. The van der Waals surface area contributed by atoms with Gasteiger partial charge in [0.05, 0.1) is 0 Å². The molecule has 0 rings (SSSR count). The summed E-state index contributed by atoms with van der Waals surface area (Å²) in [5.41, 5.74) is 0.527. The molecule has 0 spiro atoms. The van der Waals surface area contributed by atoms with Crippen LogP contribution in [0.3, 0.4) is 0 Å². The summed E-state index contributed by atoms with van der Waals surface area (Å²) in [6.45, 7) is 16.8. The predicted molar refractivity (Wildman–Crippen MR) is 71.1 cm³/mol. The molecule has 0 heteroatoms. The highest BCUT2D eigenvalue weighted by Gasteiger charge is 2.39. The summed E-state index contributed by atoms with van der Waals surface area (Å²) in [5.74, 6) is 2.54. The first kappa shape index (κ1) is 15.0. The molecule has 0 radical (unpaired) electrons. The lowest BCUT2D eigenvalue weighted by Gasteiger charge is -2.46. The largest absolute Gasteiger partial charge is 0.0654 e. The van der Waals surface area contributed by atoms with Gasteiger partial charge in [0.1, 0.15) is 0 Å². The van der Waals surface area contributed by atoms with E-state index in [9.17, 15) is 0 Å². The van der Waals surface area contributed by atoms with Crippen molar-refractivity contribution in [2.45, 2.75) is 74.1 Å². The first-order valence-corrected chi connectivity index (χ1v) is 6.94. The molecule has 0 N–H and O–H groups in total. The standard InChI is InChI=1S/C15H32/c1-8-11-14(10-3)15(7,12(4)5)13(6)9-2/h12-14H,8-11H2,1-7H3. The third-order valence-corrected chi connectivity index (χ3v) is 4.93. The Bertz CT molecular complexity index is 159. The molecule has 0 amide bonds. The van der Waals surface area contributed by atoms with Gasteiger partial charge in [-0.25, -0.2) is 0 Å². The Kier molecular flexibility index (Phi) is 6.55. The fourth-order valence-corrected chi connectivity index (χ4v) is 3.19. The van der Waals surface area contributed by atoms with Gasteiger partial charge in [-0.15, -0.1) is 0 Å². The molecule has 3 unspecified atom stereocenters. The molecule has 92 valence electrons. The Hall–Kier alpha value is 0. The Morgan fingerprint density at radius 2 is 1.47 bits per heavy atom. The smallest absolute Gasteiger partial charge is 0.0249 e. The zero-order valence-corrected chi connectivity index (χ0v) is 12.1. The molecule has 0 bridgehead atoms. The molecule has 0 aromatic heterocycles. The van der Waals surface area contributed by atoms with Gasteiger partial charge >= 0.3 is 0 Å². The SMILES string of the molecule is CCCC(CC)C(C)(C(C)C)C(C)CC. The fourth-order valence-electron chi connectivity index (χ4n) is 3.19. The van der Waals surface area contributed by atoms with Crippen molar-refractivity contribution in [1.82, 2.24) is 0 Å². The van der Waals surface area contributed by atoms with Crippen LogP contribution in [0.25, 0.3) is 0 Å². The normalized spacial score (nSPS) is 20.0. The van der Waals surface area contributed by atoms with E-state index in [4.69, 9.17) is 0 Å². The van der Waals surface area contributed by atoms with Crippen LogP contribution in [0, 0.1) is 23.2 Å². The second-order valence-electron chi connectivity index (χ2n) is 5.72. The molecule has 3 atom stereocenters. The Labute approximate surface area is 97.8 Å². The van der Waals surface area contributed by atoms with Crippen molar-refractivity contribution in [2.75, 3.05) is 0 Å². The van der Waals surface area contributed by atoms with Gasteiger partial charge in [0.25, 0.3) is 0 Å². The highest BCUT2D eigenvalue weighted by molar-refractivity contribution is 4.88. The van der Waals surface area contributed by atoms with Gasteiger partial charge in [0.15, 0.2) is 0 Å². The van der Waals surface area contributed by atoms with Crippen LogP contribution in [0.15, 0.2) is 0 Å². The van der Waals surface area contributed by atoms with Crippen molar-refractivity contribution >= 4 is 0 Å². The summed E-state index contributed by atoms with van der Waals surface area (Å²) in [6.07, 6.45) is 5.38. The molecular formula is C15H32. The zero-order valence-electron chi connectivity index (χ0n) is 12.1. The summed E-state index contributed by atoms with van der Waals surface area (Å²) in [4.78, 5) is 0. The quantitative estimate of drug-likeness (QED) is 0.521. The van der Waals surface area contributed by atoms with Crippen LogP contribution >= 0.6 is 0 Å². The average molecular weight is 212 g/mol. The van der Waals surface area contributed by atoms with Gasteiger partial charge < -0.3 is 0 Å². The van der Waals surface area contributed by atoms with Crippen LogP contribution < -0.4 is 0 Å². The molecule has 0 saturated heterocycles. The summed E-state index contributed by atoms with van der Waals surface area (Å²) < 4.78 is 0. The minimum absolute atomic E-state index is 0.527. The van der Waals surface area contributed by atoms with Gasteiger partial charge in [0.2, 0.25) is 0 Å². The molecule has 0 heterocycles. The molecule has 0 saturated carbocycles. The Balaban J connectivity index is 4.88. The van der Waals surface area contributed by atoms with E-state index in [1.54, 1.807) is 0 Å². The number of hydrogen-bond donors (Lipinski definition) is 0. The number of hydrogen-bond acceptors (Lipinski definition) is 0. The van der Waals surface area contributed by atoms with Crippen LogP contribution in [0.1, 0.15) is 74.1 Å². The van der Waals surface area contributed by atoms with Crippen molar-refractivity contribution in [3.05, 3.63) is 0 Å². The lowest BCUT2D eigenvalue weighted by molar-refractivity contribution is 0.0332. The van der Waals surface area contributed by atoms with Crippen molar-refractivity contribution in [2.24, 2.45) is 23.2 Å².